The number of halogens is 1. The minimum atomic E-state index is -0.660. The fourth-order valence-electron chi connectivity index (χ4n) is 1.37. The van der Waals surface area contributed by atoms with E-state index in [0.717, 1.165) is 16.4 Å². The summed E-state index contributed by atoms with van der Waals surface area (Å²) in [4.78, 5) is 17.5. The lowest BCUT2D eigenvalue weighted by molar-refractivity contribution is -0.383. The smallest absolute Gasteiger partial charge is 0.354 e. The number of anilines is 2. The predicted molar refractivity (Wildman–Crippen MR) is 78.5 cm³/mol. The van der Waals surface area contributed by atoms with E-state index in [2.05, 4.69) is 36.4 Å². The van der Waals surface area contributed by atoms with Crippen molar-refractivity contribution in [3.8, 4) is 0 Å². The van der Waals surface area contributed by atoms with E-state index in [-0.39, 0.29) is 11.6 Å². The summed E-state index contributed by atoms with van der Waals surface area (Å²) in [5, 5.41) is 14.7. The molecule has 1 heterocycles. The van der Waals surface area contributed by atoms with Crippen molar-refractivity contribution < 1.29 is 4.92 Å². The Balaban J connectivity index is 2.17. The molecule has 0 bridgehead atoms. The first kappa shape index (κ1) is 13.9. The normalized spacial score (nSPS) is 10.7. The van der Waals surface area contributed by atoms with Crippen LogP contribution in [0.4, 0.5) is 17.3 Å². The van der Waals surface area contributed by atoms with Gasteiger partial charge in [0.15, 0.2) is 0 Å². The fourth-order valence-corrected chi connectivity index (χ4v) is 1.64. The number of benzene rings is 1. The van der Waals surface area contributed by atoms with Crippen LogP contribution in [0, 0.1) is 10.1 Å². The average molecular weight is 337 g/mol. The number of nitrogen functional groups attached to an aromatic ring is 1. The van der Waals surface area contributed by atoms with Crippen LogP contribution in [0.3, 0.4) is 0 Å². The topological polar surface area (TPSA) is 119 Å². The number of nitro groups is 1. The highest BCUT2D eigenvalue weighted by molar-refractivity contribution is 9.10. The molecule has 0 radical (unpaired) electrons. The summed E-state index contributed by atoms with van der Waals surface area (Å²) in [6.07, 6.45) is 2.63. The zero-order valence-electron chi connectivity index (χ0n) is 10.0. The molecule has 0 aliphatic carbocycles. The van der Waals surface area contributed by atoms with Gasteiger partial charge >= 0.3 is 5.69 Å². The number of hydrogen-bond acceptors (Lipinski definition) is 7. The molecule has 0 amide bonds. The van der Waals surface area contributed by atoms with Gasteiger partial charge in [0, 0.05) is 4.47 Å². The van der Waals surface area contributed by atoms with Crippen LogP contribution < -0.4 is 11.2 Å². The third-order valence-electron chi connectivity index (χ3n) is 2.29. The van der Waals surface area contributed by atoms with Crippen molar-refractivity contribution in [2.24, 2.45) is 5.10 Å². The summed E-state index contributed by atoms with van der Waals surface area (Å²) in [5.74, 6) is -0.276. The molecule has 0 spiro atoms. The van der Waals surface area contributed by atoms with E-state index >= 15 is 0 Å². The monoisotopic (exact) mass is 336 g/mol. The van der Waals surface area contributed by atoms with E-state index in [0.29, 0.717) is 0 Å². The molecule has 0 fully saturated rings. The maximum atomic E-state index is 10.9. The van der Waals surface area contributed by atoms with E-state index in [1.54, 1.807) is 0 Å². The molecule has 102 valence electrons. The van der Waals surface area contributed by atoms with Crippen molar-refractivity contribution in [3.05, 3.63) is 50.7 Å². The summed E-state index contributed by atoms with van der Waals surface area (Å²) in [7, 11) is 0. The second kappa shape index (κ2) is 6.06. The van der Waals surface area contributed by atoms with Gasteiger partial charge in [-0.25, -0.2) is 9.97 Å². The number of aromatic nitrogens is 2. The lowest BCUT2D eigenvalue weighted by Crippen LogP contribution is -2.04. The summed E-state index contributed by atoms with van der Waals surface area (Å²) < 4.78 is 0.946. The van der Waals surface area contributed by atoms with Gasteiger partial charge in [-0.3, -0.25) is 15.5 Å². The first-order chi connectivity index (χ1) is 9.58. The molecule has 3 N–H and O–H groups in total. The van der Waals surface area contributed by atoms with Gasteiger partial charge in [-0.1, -0.05) is 28.1 Å². The first-order valence-corrected chi connectivity index (χ1v) is 6.16. The molecule has 0 aliphatic heterocycles. The summed E-state index contributed by atoms with van der Waals surface area (Å²) in [5.41, 5.74) is 8.34. The van der Waals surface area contributed by atoms with Gasteiger partial charge in [0.05, 0.1) is 11.1 Å². The van der Waals surface area contributed by atoms with Crippen molar-refractivity contribution in [3.63, 3.8) is 0 Å². The minimum absolute atomic E-state index is 0.0594. The molecular formula is C11H9BrN6O2. The number of nitrogens with two attached hydrogens (primary N) is 1. The Morgan fingerprint density at radius 1 is 1.35 bits per heavy atom. The summed E-state index contributed by atoms with van der Waals surface area (Å²) in [6.45, 7) is 0. The fraction of sp³-hybridized carbons (Fsp3) is 0. The van der Waals surface area contributed by atoms with Gasteiger partial charge in [-0.15, -0.1) is 0 Å². The van der Waals surface area contributed by atoms with Crippen LogP contribution in [0.25, 0.3) is 0 Å². The Labute approximate surface area is 122 Å². The quantitative estimate of drug-likeness (QED) is 0.501. The third kappa shape index (κ3) is 3.26. The van der Waals surface area contributed by atoms with Crippen LogP contribution in [0.2, 0.25) is 0 Å². The zero-order valence-corrected chi connectivity index (χ0v) is 11.6. The highest BCUT2D eigenvalue weighted by Gasteiger charge is 2.20. The van der Waals surface area contributed by atoms with Crippen molar-refractivity contribution >= 4 is 39.5 Å². The van der Waals surface area contributed by atoms with Crippen molar-refractivity contribution in [1.29, 1.82) is 0 Å². The molecule has 8 nitrogen and oxygen atoms in total. The molecule has 1 aromatic heterocycles. The second-order valence-corrected chi connectivity index (χ2v) is 4.55. The maximum Gasteiger partial charge on any atom is 0.354 e. The molecule has 1 aromatic carbocycles. The van der Waals surface area contributed by atoms with Crippen molar-refractivity contribution in [2.75, 3.05) is 11.2 Å². The highest BCUT2D eigenvalue weighted by Crippen LogP contribution is 2.25. The highest BCUT2D eigenvalue weighted by atomic mass is 79.9. The van der Waals surface area contributed by atoms with E-state index in [1.807, 2.05) is 24.3 Å². The van der Waals surface area contributed by atoms with Crippen LogP contribution in [0.1, 0.15) is 5.56 Å². The van der Waals surface area contributed by atoms with Crippen LogP contribution >= 0.6 is 15.9 Å². The number of hydrogen-bond donors (Lipinski definition) is 2. The SMILES string of the molecule is Nc1ncnc(NN=Cc2ccc(Br)cc2)c1[N+](=O)[O-]. The molecule has 2 aromatic rings. The minimum Gasteiger partial charge on any atom is -0.378 e. The third-order valence-corrected chi connectivity index (χ3v) is 2.82. The second-order valence-electron chi connectivity index (χ2n) is 3.63. The van der Waals surface area contributed by atoms with Gasteiger partial charge in [-0.2, -0.15) is 5.10 Å². The molecule has 0 atom stereocenters. The van der Waals surface area contributed by atoms with Gasteiger partial charge in [0.2, 0.25) is 11.6 Å². The summed E-state index contributed by atoms with van der Waals surface area (Å²) in [6, 6.07) is 7.37. The van der Waals surface area contributed by atoms with Gasteiger partial charge in [0.1, 0.15) is 6.33 Å². The van der Waals surface area contributed by atoms with E-state index in [4.69, 9.17) is 5.73 Å². The van der Waals surface area contributed by atoms with Crippen molar-refractivity contribution in [1.82, 2.24) is 9.97 Å². The maximum absolute atomic E-state index is 10.9. The molecule has 0 unspecified atom stereocenters. The Morgan fingerprint density at radius 2 is 2.05 bits per heavy atom. The van der Waals surface area contributed by atoms with E-state index in [9.17, 15) is 10.1 Å². The largest absolute Gasteiger partial charge is 0.378 e. The molecule has 2 rings (SSSR count). The Morgan fingerprint density at radius 3 is 2.70 bits per heavy atom. The van der Waals surface area contributed by atoms with E-state index < -0.39 is 10.6 Å². The molecule has 0 aliphatic rings. The number of hydrazone groups is 1. The number of nitrogens with one attached hydrogen (secondary N) is 1. The Kier molecular flexibility index (Phi) is 4.20. The van der Waals surface area contributed by atoms with Gasteiger partial charge in [0.25, 0.3) is 0 Å². The number of rotatable bonds is 4. The zero-order chi connectivity index (χ0) is 14.5. The van der Waals surface area contributed by atoms with Gasteiger partial charge < -0.3 is 5.73 Å². The van der Waals surface area contributed by atoms with E-state index in [1.165, 1.54) is 6.21 Å². The average Bonchev–Trinajstić information content (AvgIpc) is 2.40. The van der Waals surface area contributed by atoms with Crippen LogP contribution in [-0.4, -0.2) is 21.1 Å². The molecule has 9 heteroatoms. The van der Waals surface area contributed by atoms with Crippen LogP contribution in [-0.2, 0) is 0 Å². The Hall–Kier alpha value is -2.55. The van der Waals surface area contributed by atoms with Gasteiger partial charge in [-0.05, 0) is 17.7 Å². The first-order valence-electron chi connectivity index (χ1n) is 5.37. The molecule has 0 saturated heterocycles. The van der Waals surface area contributed by atoms with Crippen molar-refractivity contribution in [2.45, 2.75) is 0 Å². The Bertz CT molecular complexity index is 658. The van der Waals surface area contributed by atoms with Crippen LogP contribution in [0.15, 0.2) is 40.2 Å². The standard InChI is InChI=1S/C11H9BrN6O2/c12-8-3-1-7(2-4-8)5-16-17-11-9(18(19)20)10(13)14-6-15-11/h1-6H,(H3,13,14,15,17). The predicted octanol–water partition coefficient (Wildman–Crippen LogP) is 2.18. The molecule has 0 saturated carbocycles. The number of nitrogens with zero attached hydrogens (tertiary/aromatic N) is 4. The lowest BCUT2D eigenvalue weighted by Gasteiger charge is -2.01. The molecular weight excluding hydrogens is 328 g/mol. The molecule has 20 heavy (non-hydrogen) atoms. The lowest BCUT2D eigenvalue weighted by atomic mass is 10.2. The van der Waals surface area contributed by atoms with Crippen LogP contribution in [0.5, 0.6) is 0 Å². The summed E-state index contributed by atoms with van der Waals surface area (Å²) >= 11 is 3.32.